The Morgan fingerprint density at radius 2 is 2.14 bits per heavy atom. The van der Waals surface area contributed by atoms with Crippen LogP contribution in [0.5, 0.6) is 0 Å². The number of carbonyl (C=O) groups excluding carboxylic acids is 1. The van der Waals surface area contributed by atoms with Crippen molar-refractivity contribution in [3.8, 4) is 0 Å². The van der Waals surface area contributed by atoms with E-state index in [0.29, 0.717) is 0 Å². The van der Waals surface area contributed by atoms with E-state index in [-0.39, 0.29) is 12.0 Å². The third kappa shape index (κ3) is 3.51. The first-order chi connectivity index (χ1) is 10.1. The van der Waals surface area contributed by atoms with E-state index in [4.69, 9.17) is 14.5 Å². The molecular formula is C10H13N2O9P. The number of carbonyl (C=O) groups is 1. The van der Waals surface area contributed by atoms with Gasteiger partial charge in [0.15, 0.2) is 6.10 Å². The van der Waals surface area contributed by atoms with Gasteiger partial charge in [0.25, 0.3) is 5.56 Å². The molecule has 1 aromatic heterocycles. The van der Waals surface area contributed by atoms with Crippen LogP contribution in [0.1, 0.15) is 18.2 Å². The lowest BCUT2D eigenvalue weighted by molar-refractivity contribution is -0.153. The van der Waals surface area contributed by atoms with E-state index < -0.39 is 43.5 Å². The average Bonchev–Trinajstić information content (AvgIpc) is 2.73. The summed E-state index contributed by atoms with van der Waals surface area (Å²) in [6.45, 7) is 1.44. The number of aromatic nitrogens is 2. The molecule has 0 unspecified atom stereocenters. The van der Waals surface area contributed by atoms with Crippen molar-refractivity contribution >= 4 is 13.8 Å². The average molecular weight is 336 g/mol. The molecule has 1 saturated heterocycles. The molecule has 1 aliphatic heterocycles. The summed E-state index contributed by atoms with van der Waals surface area (Å²) in [6, 6.07) is 0. The first-order valence-electron chi connectivity index (χ1n) is 6.03. The standard InChI is InChI=1S/C10H13N2O9P/c1-4-3-12(10(16)11-8(4)14)6-2-5(13)7(20-6)9(15)21-22(17,18)19/h3,5-7,13H,2H2,1H3,(H,11,14,16)(H2,17,18,19)/t5-,6+,7-/m0/s1. The molecule has 4 N–H and O–H groups in total. The van der Waals surface area contributed by atoms with Gasteiger partial charge in [-0.3, -0.25) is 24.1 Å². The summed E-state index contributed by atoms with van der Waals surface area (Å²) in [5.41, 5.74) is -1.19. The smallest absolute Gasteiger partial charge is 0.390 e. The Morgan fingerprint density at radius 1 is 1.50 bits per heavy atom. The largest absolute Gasteiger partial charge is 0.527 e. The summed E-state index contributed by atoms with van der Waals surface area (Å²) < 4.78 is 20.5. The summed E-state index contributed by atoms with van der Waals surface area (Å²) in [6.07, 6.45) is -3.19. The molecule has 0 spiro atoms. The Kier molecular flexibility index (Phi) is 4.36. The fraction of sp³-hybridized carbons (Fsp3) is 0.500. The first kappa shape index (κ1) is 16.6. The molecule has 0 amide bonds. The van der Waals surface area contributed by atoms with Crippen molar-refractivity contribution in [3.05, 3.63) is 32.6 Å². The van der Waals surface area contributed by atoms with Crippen molar-refractivity contribution in [1.29, 1.82) is 0 Å². The number of hydrogen-bond acceptors (Lipinski definition) is 7. The lowest BCUT2D eigenvalue weighted by Gasteiger charge is -2.15. The number of aliphatic hydroxyl groups is 1. The Labute approximate surface area is 122 Å². The number of aliphatic hydroxyl groups excluding tert-OH is 1. The minimum Gasteiger partial charge on any atom is -0.390 e. The van der Waals surface area contributed by atoms with E-state index in [9.17, 15) is 24.1 Å². The summed E-state index contributed by atoms with van der Waals surface area (Å²) in [5, 5.41) is 9.74. The Balaban J connectivity index is 2.23. The van der Waals surface area contributed by atoms with Gasteiger partial charge in [0.2, 0.25) is 0 Å². The summed E-state index contributed by atoms with van der Waals surface area (Å²) in [5.74, 6) is -1.45. The molecule has 2 rings (SSSR count). The number of ether oxygens (including phenoxy) is 1. The van der Waals surface area contributed by atoms with Gasteiger partial charge in [-0.2, -0.15) is 0 Å². The molecule has 0 saturated carbocycles. The van der Waals surface area contributed by atoms with Crippen LogP contribution in [-0.2, 0) is 18.6 Å². The highest BCUT2D eigenvalue weighted by Gasteiger charge is 2.43. The molecule has 3 atom stereocenters. The fourth-order valence-corrected chi connectivity index (χ4v) is 2.34. The van der Waals surface area contributed by atoms with Crippen LogP contribution in [0.3, 0.4) is 0 Å². The minimum atomic E-state index is -5.07. The number of nitrogens with one attached hydrogen (secondary N) is 1. The van der Waals surface area contributed by atoms with Gasteiger partial charge in [-0.15, -0.1) is 0 Å². The summed E-state index contributed by atoms with van der Waals surface area (Å²) in [4.78, 5) is 53.6. The molecule has 0 aromatic carbocycles. The van der Waals surface area contributed by atoms with Crippen LogP contribution in [0.25, 0.3) is 0 Å². The van der Waals surface area contributed by atoms with Crippen molar-refractivity contribution in [2.75, 3.05) is 0 Å². The van der Waals surface area contributed by atoms with Crippen molar-refractivity contribution in [1.82, 2.24) is 9.55 Å². The first-order valence-corrected chi connectivity index (χ1v) is 7.56. The molecule has 2 heterocycles. The van der Waals surface area contributed by atoms with Crippen LogP contribution >= 0.6 is 7.82 Å². The van der Waals surface area contributed by atoms with Gasteiger partial charge in [0, 0.05) is 18.2 Å². The maximum Gasteiger partial charge on any atom is 0.527 e. The molecular weight excluding hydrogens is 323 g/mol. The second-order valence-electron chi connectivity index (χ2n) is 4.69. The number of nitrogens with zero attached hydrogens (tertiary/aromatic N) is 1. The van der Waals surface area contributed by atoms with Gasteiger partial charge in [-0.1, -0.05) is 0 Å². The molecule has 22 heavy (non-hydrogen) atoms. The molecule has 0 bridgehead atoms. The number of hydrogen-bond donors (Lipinski definition) is 4. The van der Waals surface area contributed by atoms with E-state index >= 15 is 0 Å². The van der Waals surface area contributed by atoms with E-state index in [1.165, 1.54) is 13.1 Å². The Morgan fingerprint density at radius 3 is 2.73 bits per heavy atom. The zero-order valence-corrected chi connectivity index (χ0v) is 12.1. The predicted molar refractivity (Wildman–Crippen MR) is 68.7 cm³/mol. The van der Waals surface area contributed by atoms with Gasteiger partial charge in [0.1, 0.15) is 6.23 Å². The van der Waals surface area contributed by atoms with Crippen LogP contribution < -0.4 is 11.2 Å². The highest BCUT2D eigenvalue weighted by molar-refractivity contribution is 7.46. The number of H-pyrrole nitrogens is 1. The highest BCUT2D eigenvalue weighted by Crippen LogP contribution is 2.38. The zero-order chi connectivity index (χ0) is 16.7. The van der Waals surface area contributed by atoms with E-state index in [2.05, 4.69) is 4.52 Å². The third-order valence-electron chi connectivity index (χ3n) is 2.99. The van der Waals surface area contributed by atoms with E-state index in [1.54, 1.807) is 0 Å². The van der Waals surface area contributed by atoms with Crippen LogP contribution in [-0.4, -0.2) is 42.6 Å². The second kappa shape index (κ2) is 5.78. The lowest BCUT2D eigenvalue weighted by Crippen LogP contribution is -2.34. The number of aromatic amines is 1. The van der Waals surface area contributed by atoms with Crippen molar-refractivity contribution in [2.24, 2.45) is 0 Å². The van der Waals surface area contributed by atoms with Crippen molar-refractivity contribution < 1.29 is 33.5 Å². The highest BCUT2D eigenvalue weighted by atomic mass is 31.2. The molecule has 1 aromatic rings. The minimum absolute atomic E-state index is 0.202. The van der Waals surface area contributed by atoms with Gasteiger partial charge in [0.05, 0.1) is 6.10 Å². The summed E-state index contributed by atoms with van der Waals surface area (Å²) in [7, 11) is -5.07. The molecule has 12 heteroatoms. The number of aryl methyl sites for hydroxylation is 1. The number of phosphoric ester groups is 1. The van der Waals surface area contributed by atoms with Crippen LogP contribution in [0.4, 0.5) is 0 Å². The van der Waals surface area contributed by atoms with Crippen LogP contribution in [0.2, 0.25) is 0 Å². The van der Waals surface area contributed by atoms with Gasteiger partial charge in [-0.05, 0) is 6.92 Å². The normalized spacial score (nSPS) is 25.2. The quantitative estimate of drug-likeness (QED) is 0.462. The molecule has 1 fully saturated rings. The maximum atomic E-state index is 11.7. The fourth-order valence-electron chi connectivity index (χ4n) is 2.01. The second-order valence-corrected chi connectivity index (χ2v) is 5.86. The van der Waals surface area contributed by atoms with E-state index in [0.717, 1.165) is 4.57 Å². The SMILES string of the molecule is Cc1cn([C@H]2C[C@H](O)[C@@H](C(=O)OP(=O)(O)O)O2)c(=O)[nH]c1=O. The van der Waals surface area contributed by atoms with Crippen LogP contribution in [0.15, 0.2) is 15.8 Å². The predicted octanol–water partition coefficient (Wildman–Crippen LogP) is -1.87. The molecule has 0 aliphatic carbocycles. The molecule has 1 aliphatic rings. The van der Waals surface area contributed by atoms with Crippen molar-refractivity contribution in [2.45, 2.75) is 31.8 Å². The number of rotatable bonds is 3. The van der Waals surface area contributed by atoms with Gasteiger partial charge in [-0.25, -0.2) is 14.2 Å². The van der Waals surface area contributed by atoms with Gasteiger partial charge < -0.3 is 14.4 Å². The summed E-state index contributed by atoms with van der Waals surface area (Å²) >= 11 is 0. The monoisotopic (exact) mass is 336 g/mol. The molecule has 11 nitrogen and oxygen atoms in total. The van der Waals surface area contributed by atoms with Crippen molar-refractivity contribution in [3.63, 3.8) is 0 Å². The van der Waals surface area contributed by atoms with Gasteiger partial charge >= 0.3 is 19.5 Å². The third-order valence-corrected chi connectivity index (χ3v) is 3.41. The molecule has 122 valence electrons. The lowest BCUT2D eigenvalue weighted by atomic mass is 10.2. The zero-order valence-electron chi connectivity index (χ0n) is 11.2. The topological polar surface area (TPSA) is 168 Å². The molecule has 0 radical (unpaired) electrons. The Hall–Kier alpha value is -1.78. The number of phosphoric acid groups is 1. The maximum absolute atomic E-state index is 11.7. The Bertz CT molecular complexity index is 747. The van der Waals surface area contributed by atoms with E-state index in [1.807, 2.05) is 4.98 Å². The van der Waals surface area contributed by atoms with Crippen LogP contribution in [0, 0.1) is 6.92 Å².